The van der Waals surface area contributed by atoms with Gasteiger partial charge in [0.05, 0.1) is 12.7 Å². The van der Waals surface area contributed by atoms with E-state index in [1.54, 1.807) is 19.1 Å². The minimum Gasteiger partial charge on any atom is -0.390 e. The molecule has 0 saturated carbocycles. The van der Waals surface area contributed by atoms with Crippen molar-refractivity contribution >= 4 is 0 Å². The van der Waals surface area contributed by atoms with Crippen molar-refractivity contribution in [3.05, 3.63) is 95.1 Å². The molecule has 6 heteroatoms. The number of H-pyrrole nitrogens is 4. The first kappa shape index (κ1) is 18.8. The molecule has 1 atom stereocenters. The molecule has 1 unspecified atom stereocenters. The third-order valence-corrected chi connectivity index (χ3v) is 4.28. The highest BCUT2D eigenvalue weighted by atomic mass is 16.3. The maximum Gasteiger partial charge on any atom is 0.0909 e. The lowest BCUT2D eigenvalue weighted by Crippen LogP contribution is -1.91. The van der Waals surface area contributed by atoms with Gasteiger partial charge in [-0.3, -0.25) is 0 Å². The topological polar surface area (TPSA) is 104 Å². The molecular formula is C21H26N4O2. The van der Waals surface area contributed by atoms with Crippen LogP contribution in [0, 0.1) is 0 Å². The second kappa shape index (κ2) is 9.12. The number of nitrogens with one attached hydrogen (secondary N) is 4. The van der Waals surface area contributed by atoms with Gasteiger partial charge in [0.2, 0.25) is 0 Å². The van der Waals surface area contributed by atoms with Gasteiger partial charge in [0.25, 0.3) is 0 Å². The molecule has 0 aliphatic heterocycles. The van der Waals surface area contributed by atoms with Crippen LogP contribution < -0.4 is 0 Å². The van der Waals surface area contributed by atoms with E-state index >= 15 is 0 Å². The van der Waals surface area contributed by atoms with Crippen LogP contribution in [0.25, 0.3) is 0 Å². The summed E-state index contributed by atoms with van der Waals surface area (Å²) in [6.07, 6.45) is 5.28. The van der Waals surface area contributed by atoms with E-state index in [9.17, 15) is 0 Å². The van der Waals surface area contributed by atoms with Crippen molar-refractivity contribution in [1.29, 1.82) is 0 Å². The van der Waals surface area contributed by atoms with Crippen molar-refractivity contribution in [2.24, 2.45) is 0 Å². The molecule has 4 heterocycles. The summed E-state index contributed by atoms with van der Waals surface area (Å²) in [6, 6.07) is 16.1. The van der Waals surface area contributed by atoms with E-state index in [0.29, 0.717) is 0 Å². The zero-order valence-electron chi connectivity index (χ0n) is 15.4. The van der Waals surface area contributed by atoms with Gasteiger partial charge in [-0.25, -0.2) is 0 Å². The van der Waals surface area contributed by atoms with Crippen molar-refractivity contribution in [2.45, 2.75) is 32.5 Å². The molecule has 0 fully saturated rings. The summed E-state index contributed by atoms with van der Waals surface area (Å²) >= 11 is 0. The van der Waals surface area contributed by atoms with Gasteiger partial charge in [0.15, 0.2) is 0 Å². The summed E-state index contributed by atoms with van der Waals surface area (Å²) in [6.45, 7) is 1.67. The van der Waals surface area contributed by atoms with Gasteiger partial charge >= 0.3 is 0 Å². The molecule has 0 amide bonds. The number of aliphatic hydroxyl groups is 2. The highest BCUT2D eigenvalue weighted by molar-refractivity contribution is 5.22. The molecule has 4 aromatic heterocycles. The van der Waals surface area contributed by atoms with E-state index in [1.807, 2.05) is 24.5 Å². The fourth-order valence-corrected chi connectivity index (χ4v) is 2.86. The van der Waals surface area contributed by atoms with Crippen LogP contribution in [0.3, 0.4) is 0 Å². The molecule has 0 aliphatic carbocycles. The molecule has 6 N–H and O–H groups in total. The molecule has 0 radical (unpaired) electrons. The largest absolute Gasteiger partial charge is 0.390 e. The molecule has 142 valence electrons. The monoisotopic (exact) mass is 366 g/mol. The van der Waals surface area contributed by atoms with Crippen LogP contribution in [0.5, 0.6) is 0 Å². The van der Waals surface area contributed by atoms with E-state index in [2.05, 4.69) is 44.2 Å². The van der Waals surface area contributed by atoms with E-state index < -0.39 is 6.10 Å². The zero-order chi connectivity index (χ0) is 19.1. The second-order valence-electron chi connectivity index (χ2n) is 6.53. The molecule has 0 saturated heterocycles. The average molecular weight is 366 g/mol. The molecular weight excluding hydrogens is 340 g/mol. The van der Waals surface area contributed by atoms with Gasteiger partial charge in [-0.1, -0.05) is 0 Å². The Hall–Kier alpha value is -2.96. The Morgan fingerprint density at radius 1 is 0.741 bits per heavy atom. The maximum atomic E-state index is 9.02. The molecule has 27 heavy (non-hydrogen) atoms. The smallest absolute Gasteiger partial charge is 0.0909 e. The van der Waals surface area contributed by atoms with Crippen LogP contribution in [0.15, 0.2) is 60.9 Å². The van der Waals surface area contributed by atoms with Crippen LogP contribution in [-0.4, -0.2) is 30.1 Å². The number of hydrogen-bond donors (Lipinski definition) is 6. The van der Waals surface area contributed by atoms with Gasteiger partial charge in [0.1, 0.15) is 0 Å². The maximum absolute atomic E-state index is 9.02. The van der Waals surface area contributed by atoms with Crippen LogP contribution in [0.2, 0.25) is 0 Å². The first-order valence-corrected chi connectivity index (χ1v) is 9.02. The normalized spacial score (nSPS) is 11.8. The van der Waals surface area contributed by atoms with Gasteiger partial charge < -0.3 is 30.1 Å². The van der Waals surface area contributed by atoms with E-state index in [4.69, 9.17) is 10.2 Å². The van der Waals surface area contributed by atoms with Crippen LogP contribution >= 0.6 is 0 Å². The van der Waals surface area contributed by atoms with Crippen molar-refractivity contribution in [3.63, 3.8) is 0 Å². The minimum absolute atomic E-state index is 0.00722. The first-order valence-electron chi connectivity index (χ1n) is 9.02. The number of aliphatic hydroxyl groups excluding tert-OH is 2. The van der Waals surface area contributed by atoms with Crippen molar-refractivity contribution in [2.75, 3.05) is 0 Å². The van der Waals surface area contributed by atoms with Crippen molar-refractivity contribution in [3.8, 4) is 0 Å². The Morgan fingerprint density at radius 3 is 1.67 bits per heavy atom. The summed E-state index contributed by atoms with van der Waals surface area (Å²) in [4.78, 5) is 12.7. The SMILES string of the molecule is CC(O)c1ccc(CO)[nH]1.c1c[nH]c(Cc2ccc(Cc3ccc[nH]3)[nH]2)c1. The Kier molecular flexibility index (Phi) is 6.35. The van der Waals surface area contributed by atoms with Gasteiger partial charge in [-0.05, 0) is 55.5 Å². The lowest BCUT2D eigenvalue weighted by molar-refractivity contribution is 0.194. The summed E-state index contributed by atoms with van der Waals surface area (Å²) < 4.78 is 0. The minimum atomic E-state index is -0.486. The number of aromatic nitrogens is 4. The number of aromatic amines is 4. The van der Waals surface area contributed by atoms with E-state index in [1.165, 1.54) is 22.8 Å². The standard InChI is InChI=1S/C14H15N3.C7H11NO2/c1-3-11(15-7-1)9-13-5-6-14(17-13)10-12-4-2-8-16-12;1-5(10)7-3-2-6(4-9)8-7/h1-8,15-17H,9-10H2;2-3,5,8-10H,4H2,1H3. The van der Waals surface area contributed by atoms with Gasteiger partial charge in [-0.2, -0.15) is 0 Å². The Bertz CT molecular complexity index is 851. The molecule has 6 nitrogen and oxygen atoms in total. The number of rotatable bonds is 6. The molecule has 0 spiro atoms. The van der Waals surface area contributed by atoms with Crippen molar-refractivity contribution in [1.82, 2.24) is 19.9 Å². The molecule has 0 bridgehead atoms. The second-order valence-corrected chi connectivity index (χ2v) is 6.53. The molecule has 4 aromatic rings. The fraction of sp³-hybridized carbons (Fsp3) is 0.238. The summed E-state index contributed by atoms with van der Waals surface area (Å²) in [5.41, 5.74) is 6.43. The Labute approximate surface area is 158 Å². The Balaban J connectivity index is 0.000000180. The molecule has 4 rings (SSSR count). The van der Waals surface area contributed by atoms with E-state index in [0.717, 1.165) is 24.2 Å². The summed E-state index contributed by atoms with van der Waals surface area (Å²) in [5, 5.41) is 17.6. The Morgan fingerprint density at radius 2 is 1.30 bits per heavy atom. The quantitative estimate of drug-likeness (QED) is 0.315. The third kappa shape index (κ3) is 5.51. The van der Waals surface area contributed by atoms with Crippen molar-refractivity contribution < 1.29 is 10.2 Å². The van der Waals surface area contributed by atoms with Crippen LogP contribution in [0.1, 0.15) is 47.2 Å². The lowest BCUT2D eigenvalue weighted by Gasteiger charge is -1.98. The van der Waals surface area contributed by atoms with Crippen LogP contribution in [-0.2, 0) is 19.4 Å². The summed E-state index contributed by atoms with van der Waals surface area (Å²) in [5.74, 6) is 0. The summed E-state index contributed by atoms with van der Waals surface area (Å²) in [7, 11) is 0. The first-order chi connectivity index (χ1) is 13.1. The van der Waals surface area contributed by atoms with Gasteiger partial charge in [-0.15, -0.1) is 0 Å². The fourth-order valence-electron chi connectivity index (χ4n) is 2.86. The predicted octanol–water partition coefficient (Wildman–Crippen LogP) is 3.41. The number of hydrogen-bond acceptors (Lipinski definition) is 2. The lowest BCUT2D eigenvalue weighted by atomic mass is 10.2. The van der Waals surface area contributed by atoms with Crippen LogP contribution in [0.4, 0.5) is 0 Å². The highest BCUT2D eigenvalue weighted by Gasteiger charge is 2.03. The molecule has 0 aliphatic rings. The third-order valence-electron chi connectivity index (χ3n) is 4.28. The predicted molar refractivity (Wildman–Crippen MR) is 105 cm³/mol. The average Bonchev–Trinajstić information content (AvgIpc) is 3.45. The molecule has 0 aromatic carbocycles. The van der Waals surface area contributed by atoms with Gasteiger partial charge in [0, 0.05) is 59.4 Å². The highest BCUT2D eigenvalue weighted by Crippen LogP contribution is 2.11. The zero-order valence-corrected chi connectivity index (χ0v) is 15.4. The van der Waals surface area contributed by atoms with E-state index in [-0.39, 0.29) is 6.61 Å².